The van der Waals surface area contributed by atoms with E-state index in [9.17, 15) is 50.7 Å². The van der Waals surface area contributed by atoms with Crippen LogP contribution in [0.15, 0.2) is 230 Å². The van der Waals surface area contributed by atoms with E-state index >= 15 is 0 Å². The highest BCUT2D eigenvalue weighted by Gasteiger charge is 2.49. The summed E-state index contributed by atoms with van der Waals surface area (Å²) in [7, 11) is 0. The predicted octanol–water partition coefficient (Wildman–Crippen LogP) is 18.1. The van der Waals surface area contributed by atoms with Crippen molar-refractivity contribution in [3.8, 4) is 39.2 Å². The van der Waals surface area contributed by atoms with Crippen LogP contribution >= 0.6 is 0 Å². The third-order valence-electron chi connectivity index (χ3n) is 18.9. The van der Waals surface area contributed by atoms with Gasteiger partial charge in [-0.2, -0.15) is 18.3 Å². The van der Waals surface area contributed by atoms with E-state index < -0.39 is 51.4 Å². The van der Waals surface area contributed by atoms with Gasteiger partial charge in [-0.3, -0.25) is 38.5 Å². The minimum absolute atomic E-state index is 0.115. The topological polar surface area (TPSA) is 233 Å². The monoisotopic (exact) mass is 1440 g/mol. The Morgan fingerprint density at radius 2 is 0.981 bits per heavy atom. The van der Waals surface area contributed by atoms with Gasteiger partial charge in [0.15, 0.2) is 11.6 Å². The molecule has 0 saturated heterocycles. The summed E-state index contributed by atoms with van der Waals surface area (Å²) >= 11 is 0. The van der Waals surface area contributed by atoms with Crippen LogP contribution in [0.1, 0.15) is 103 Å². The van der Waals surface area contributed by atoms with Crippen molar-refractivity contribution in [1.29, 1.82) is 0 Å². The zero-order valence-electron chi connectivity index (χ0n) is 59.3. The second-order valence-corrected chi connectivity index (χ2v) is 27.1. The molecule has 6 heterocycles. The van der Waals surface area contributed by atoms with Gasteiger partial charge in [0, 0.05) is 57.8 Å². The molecule has 536 valence electrons. The number of benzene rings is 9. The van der Waals surface area contributed by atoms with Crippen molar-refractivity contribution in [1.82, 2.24) is 34.7 Å². The first-order chi connectivity index (χ1) is 51.1. The number of pyridine rings is 1. The number of aromatic amines is 2. The number of anilines is 7. The number of rotatable bonds is 12. The van der Waals surface area contributed by atoms with Crippen molar-refractivity contribution in [2.24, 2.45) is 0 Å². The van der Waals surface area contributed by atoms with Crippen molar-refractivity contribution >= 4 is 80.8 Å². The fourth-order valence-electron chi connectivity index (χ4n) is 13.3. The molecule has 5 amide bonds. The van der Waals surface area contributed by atoms with Crippen LogP contribution in [0.2, 0.25) is 0 Å². The minimum atomic E-state index is -4.73. The quantitative estimate of drug-likeness (QED) is 0.0726. The fraction of sp³-hybridized carbons (Fsp3) is 0.143. The maximum atomic E-state index is 14.5. The number of carbonyl (C=O) groups is 5. The van der Waals surface area contributed by atoms with Crippen molar-refractivity contribution in [2.75, 3.05) is 25.8 Å². The molecule has 9 aromatic carbocycles. The van der Waals surface area contributed by atoms with Crippen LogP contribution in [-0.4, -0.2) is 64.2 Å². The molecule has 0 spiro atoms. The van der Waals surface area contributed by atoms with Crippen molar-refractivity contribution in [3.05, 3.63) is 308 Å². The van der Waals surface area contributed by atoms with E-state index in [2.05, 4.69) is 41.1 Å². The van der Waals surface area contributed by atoms with Gasteiger partial charge in [0.1, 0.15) is 11.5 Å². The van der Waals surface area contributed by atoms with Gasteiger partial charge in [-0.05, 0) is 193 Å². The van der Waals surface area contributed by atoms with E-state index in [0.29, 0.717) is 90.3 Å². The number of H-pyrrole nitrogens is 2. The van der Waals surface area contributed by atoms with E-state index in [0.717, 1.165) is 61.3 Å². The maximum absolute atomic E-state index is 14.5. The molecule has 0 saturated carbocycles. The largest absolute Gasteiger partial charge is 0.417 e. The lowest BCUT2D eigenvalue weighted by Crippen LogP contribution is -2.34. The zero-order valence-corrected chi connectivity index (χ0v) is 59.3. The molecule has 0 atom stereocenters. The van der Waals surface area contributed by atoms with Crippen LogP contribution in [0.5, 0.6) is 0 Å². The van der Waals surface area contributed by atoms with Crippen molar-refractivity contribution < 1.29 is 45.9 Å². The predicted molar refractivity (Wildman–Crippen MR) is 404 cm³/mol. The average Bonchev–Trinajstić information content (AvgIpc) is 1.58. The Morgan fingerprint density at radius 3 is 1.58 bits per heavy atom. The molecule has 0 radical (unpaired) electrons. The Bertz CT molecular complexity index is 5720. The maximum Gasteiger partial charge on any atom is 0.417 e. The van der Waals surface area contributed by atoms with E-state index in [1.807, 2.05) is 139 Å². The summed E-state index contributed by atoms with van der Waals surface area (Å²) in [4.78, 5) is 98.1. The average molecular weight is 1440 g/mol. The summed E-state index contributed by atoms with van der Waals surface area (Å²) in [5.41, 5.74) is 10.6. The number of nitrogens with one attached hydrogen (secondary N) is 5. The van der Waals surface area contributed by atoms with Gasteiger partial charge in [0.2, 0.25) is 17.8 Å². The summed E-state index contributed by atoms with van der Waals surface area (Å²) in [6.07, 6.45) is 0.0336. The number of aryl methyl sites for hydroxylation is 5. The second-order valence-electron chi connectivity index (χ2n) is 27.1. The van der Waals surface area contributed by atoms with Crippen LogP contribution in [0.25, 0.3) is 50.2 Å². The standard InChI is InChI=1S/C28H23F3N4O2.C28H21F2N3O2.C28H25N5O2/c1-16-7-10-18(11-8-16)33-25(36)20-15-17(9-12-21(20)28(29,30)31)19-5-4-6-22-24(19)27(2,3)26(37)35(22)23-13-14-32-34-23;1-16-9-13-19(14-10-16)31-27(34)21-15-18(12-11-17(21)2)20-5-3-8-24-26(20)32-28(35)33(24)23-7-4-6-22(29)25(23)30;1-17-9-12-19(13-10-17)31-25(34)24-18(2)11-14-21(32-24)20-7-5-8-22-23(20)28(3,4)26(35)33(22)27-29-15-6-16-30-27/h4-15H,1-3H3,(H,32,34)(H,33,36);3-15H,1-2H3,(H,31,34)(H,32,35);5-16H,1-4H3,(H,31,34). The molecule has 18 nitrogen and oxygen atoms in total. The highest BCUT2D eigenvalue weighted by molar-refractivity contribution is 6.15. The molecular formula is C84H69F5N12O6. The lowest BCUT2D eigenvalue weighted by molar-refractivity contribution is -0.138. The molecule has 2 aliphatic heterocycles. The van der Waals surface area contributed by atoms with Gasteiger partial charge in [0.05, 0.1) is 61.9 Å². The van der Waals surface area contributed by atoms with Crippen molar-refractivity contribution in [2.45, 2.75) is 79.3 Å². The molecule has 4 aromatic heterocycles. The number of alkyl halides is 3. The van der Waals surface area contributed by atoms with Gasteiger partial charge in [-0.25, -0.2) is 33.4 Å². The molecule has 0 bridgehead atoms. The summed E-state index contributed by atoms with van der Waals surface area (Å²) < 4.78 is 71.1. The Balaban J connectivity index is 0.000000142. The number of carbonyl (C=O) groups excluding carboxylic acids is 5. The molecule has 0 fully saturated rings. The molecule has 23 heteroatoms. The highest BCUT2D eigenvalue weighted by Crippen LogP contribution is 2.51. The summed E-state index contributed by atoms with van der Waals surface area (Å²) in [6, 6.07) is 57.8. The Morgan fingerprint density at radius 1 is 0.486 bits per heavy atom. The molecule has 0 aliphatic carbocycles. The molecule has 13 aromatic rings. The number of para-hydroxylation sites is 1. The van der Waals surface area contributed by atoms with E-state index in [1.54, 1.807) is 110 Å². The first-order valence-corrected chi connectivity index (χ1v) is 33.9. The van der Waals surface area contributed by atoms with Gasteiger partial charge < -0.3 is 20.9 Å². The Labute approximate surface area is 611 Å². The number of amides is 5. The van der Waals surface area contributed by atoms with Crippen LogP contribution < -0.4 is 31.4 Å². The third-order valence-corrected chi connectivity index (χ3v) is 18.9. The van der Waals surface area contributed by atoms with Crippen LogP contribution in [0.3, 0.4) is 0 Å². The number of halogens is 5. The molecular weight excluding hydrogens is 1370 g/mol. The molecule has 15 rings (SSSR count). The van der Waals surface area contributed by atoms with E-state index in [4.69, 9.17) is 4.98 Å². The number of fused-ring (bicyclic) bond motifs is 3. The number of nitrogens with zero attached hydrogens (tertiary/aromatic N) is 7. The molecule has 0 unspecified atom stereocenters. The summed E-state index contributed by atoms with van der Waals surface area (Å²) in [6.45, 7) is 16.9. The van der Waals surface area contributed by atoms with E-state index in [1.165, 1.54) is 35.4 Å². The SMILES string of the molecule is Cc1ccc(NC(=O)c2cc(-c3cccc4c3C(C)(C)C(=O)N4c3ccn[nH]3)ccc2C(F)(F)F)cc1.Cc1ccc(NC(=O)c2cc(-c3cccc4c3[nH]c(=O)n4-c3cccc(F)c3F)ccc2C)cc1.Cc1ccc(NC(=O)c2nc(-c3cccc4c3C(C)(C)C(=O)N4c3ncccn3)ccc2C)cc1. The van der Waals surface area contributed by atoms with Crippen LogP contribution in [-0.2, 0) is 26.6 Å². The molecule has 2 aliphatic rings. The van der Waals surface area contributed by atoms with Gasteiger partial charge in [-0.1, -0.05) is 120 Å². The van der Waals surface area contributed by atoms with Crippen LogP contribution in [0, 0.1) is 46.3 Å². The lowest BCUT2D eigenvalue weighted by atomic mass is 9.81. The molecule has 5 N–H and O–H groups in total. The molecule has 107 heavy (non-hydrogen) atoms. The number of aromatic nitrogens is 7. The number of hydrogen-bond donors (Lipinski definition) is 5. The first-order valence-electron chi connectivity index (χ1n) is 33.9. The van der Waals surface area contributed by atoms with Gasteiger partial charge in [0.25, 0.3) is 17.7 Å². The lowest BCUT2D eigenvalue weighted by Gasteiger charge is -2.21. The first kappa shape index (κ1) is 72.1. The highest BCUT2D eigenvalue weighted by atomic mass is 19.4. The van der Waals surface area contributed by atoms with Crippen LogP contribution in [0.4, 0.5) is 62.2 Å². The van der Waals surface area contributed by atoms with E-state index in [-0.39, 0.29) is 29.3 Å². The second kappa shape index (κ2) is 28.7. The minimum Gasteiger partial charge on any atom is -0.322 e. The van der Waals surface area contributed by atoms with Gasteiger partial charge >= 0.3 is 11.9 Å². The smallest absolute Gasteiger partial charge is 0.322 e. The number of hydrogen-bond acceptors (Lipinski definition) is 10. The van der Waals surface area contributed by atoms with Gasteiger partial charge in [-0.15, -0.1) is 0 Å². The Hall–Kier alpha value is -13.3. The Kier molecular flexibility index (Phi) is 19.3. The summed E-state index contributed by atoms with van der Waals surface area (Å²) in [5, 5.41) is 15.1. The van der Waals surface area contributed by atoms with Crippen molar-refractivity contribution in [3.63, 3.8) is 0 Å². The normalized spacial score (nSPS) is 13.3. The third kappa shape index (κ3) is 14.1. The zero-order chi connectivity index (χ0) is 76.0. The summed E-state index contributed by atoms with van der Waals surface area (Å²) in [5.74, 6) is -3.06. The number of imidazole rings is 1. The fourth-order valence-corrected chi connectivity index (χ4v) is 13.3.